The molecule has 6 nitrogen and oxygen atoms in total. The highest BCUT2D eigenvalue weighted by Crippen LogP contribution is 2.35. The van der Waals surface area contributed by atoms with Crippen LogP contribution >= 0.6 is 24.0 Å². The van der Waals surface area contributed by atoms with Crippen LogP contribution in [0.4, 0.5) is 0 Å². The van der Waals surface area contributed by atoms with Gasteiger partial charge in [0.1, 0.15) is 0 Å². The normalized spacial score (nSPS) is 19.7. The molecule has 1 aromatic carbocycles. The largest absolute Gasteiger partial charge is 0.381 e. The zero-order valence-electron chi connectivity index (χ0n) is 17.0. The Balaban J connectivity index is 0.00000280. The van der Waals surface area contributed by atoms with Gasteiger partial charge in [0.15, 0.2) is 5.96 Å². The van der Waals surface area contributed by atoms with E-state index >= 15 is 0 Å². The number of carbonyl (C=O) groups is 1. The van der Waals surface area contributed by atoms with Crippen molar-refractivity contribution in [1.29, 1.82) is 0 Å². The molecule has 2 aliphatic rings. The molecule has 0 bridgehead atoms. The zero-order valence-corrected chi connectivity index (χ0v) is 19.4. The van der Waals surface area contributed by atoms with E-state index in [9.17, 15) is 4.79 Å². The highest BCUT2D eigenvalue weighted by molar-refractivity contribution is 14.0. The SMILES string of the molecule is CCNC(=NCC1(c2ccccc2)CCOCC1)N1CCN(C(C)=O)CC1.I. The second-order valence-electron chi connectivity index (χ2n) is 7.42. The van der Waals surface area contributed by atoms with Crippen molar-refractivity contribution < 1.29 is 9.53 Å². The molecular weight excluding hydrogens is 467 g/mol. The number of hydrogen-bond acceptors (Lipinski definition) is 3. The van der Waals surface area contributed by atoms with E-state index in [1.54, 1.807) is 6.92 Å². The molecule has 0 aromatic heterocycles. The smallest absolute Gasteiger partial charge is 0.219 e. The fourth-order valence-corrected chi connectivity index (χ4v) is 3.98. The quantitative estimate of drug-likeness (QED) is 0.392. The highest BCUT2D eigenvalue weighted by atomic mass is 127. The first-order chi connectivity index (χ1) is 13.1. The van der Waals surface area contributed by atoms with Crippen LogP contribution in [0, 0.1) is 0 Å². The number of nitrogens with zero attached hydrogens (tertiary/aromatic N) is 3. The second-order valence-corrected chi connectivity index (χ2v) is 7.42. The minimum absolute atomic E-state index is 0. The van der Waals surface area contributed by atoms with E-state index in [-0.39, 0.29) is 35.3 Å². The van der Waals surface area contributed by atoms with Gasteiger partial charge in [-0.2, -0.15) is 0 Å². The highest BCUT2D eigenvalue weighted by Gasteiger charge is 2.34. The van der Waals surface area contributed by atoms with Gasteiger partial charge in [-0.25, -0.2) is 0 Å². The molecule has 2 fully saturated rings. The summed E-state index contributed by atoms with van der Waals surface area (Å²) in [6.07, 6.45) is 2.00. The third-order valence-corrected chi connectivity index (χ3v) is 5.73. The number of amides is 1. The van der Waals surface area contributed by atoms with E-state index in [1.807, 2.05) is 4.90 Å². The van der Waals surface area contributed by atoms with Crippen molar-refractivity contribution in [3.8, 4) is 0 Å². The molecular formula is C21H33IN4O2. The molecule has 28 heavy (non-hydrogen) atoms. The number of halogens is 1. The first-order valence-corrected chi connectivity index (χ1v) is 10.1. The van der Waals surface area contributed by atoms with Gasteiger partial charge in [0.2, 0.25) is 5.91 Å². The van der Waals surface area contributed by atoms with Gasteiger partial charge in [0.05, 0.1) is 6.54 Å². The molecule has 7 heteroatoms. The molecule has 1 aromatic rings. The number of ether oxygens (including phenoxy) is 1. The molecule has 1 amide bonds. The van der Waals surface area contributed by atoms with E-state index in [0.29, 0.717) is 0 Å². The van der Waals surface area contributed by atoms with Gasteiger partial charge in [0, 0.05) is 58.3 Å². The van der Waals surface area contributed by atoms with Crippen LogP contribution in [0.2, 0.25) is 0 Å². The van der Waals surface area contributed by atoms with Crippen molar-refractivity contribution in [1.82, 2.24) is 15.1 Å². The summed E-state index contributed by atoms with van der Waals surface area (Å²) in [6, 6.07) is 10.7. The van der Waals surface area contributed by atoms with E-state index in [2.05, 4.69) is 47.5 Å². The first-order valence-electron chi connectivity index (χ1n) is 10.1. The van der Waals surface area contributed by atoms with Gasteiger partial charge in [0.25, 0.3) is 0 Å². The Bertz CT molecular complexity index is 639. The lowest BCUT2D eigenvalue weighted by Crippen LogP contribution is -2.53. The fourth-order valence-electron chi connectivity index (χ4n) is 3.98. The number of nitrogens with one attached hydrogen (secondary N) is 1. The van der Waals surface area contributed by atoms with Gasteiger partial charge < -0.3 is 19.9 Å². The molecule has 3 rings (SSSR count). The second kappa shape index (κ2) is 11.0. The number of piperazine rings is 1. The Hall–Kier alpha value is -1.35. The van der Waals surface area contributed by atoms with Crippen LogP contribution in [0.5, 0.6) is 0 Å². The van der Waals surface area contributed by atoms with Crippen LogP contribution in [-0.2, 0) is 14.9 Å². The van der Waals surface area contributed by atoms with Crippen molar-refractivity contribution in [3.63, 3.8) is 0 Å². The number of hydrogen-bond donors (Lipinski definition) is 1. The maximum atomic E-state index is 11.6. The summed E-state index contributed by atoms with van der Waals surface area (Å²) in [7, 11) is 0. The third kappa shape index (κ3) is 5.59. The number of benzene rings is 1. The van der Waals surface area contributed by atoms with E-state index in [0.717, 1.165) is 71.3 Å². The Labute approximate surface area is 185 Å². The fraction of sp³-hybridized carbons (Fsp3) is 0.619. The van der Waals surface area contributed by atoms with Gasteiger partial charge in [-0.3, -0.25) is 9.79 Å². The standard InChI is InChI=1S/C21H32N4O2.HI/c1-3-22-20(25-13-11-24(12-14-25)18(2)26)23-17-21(9-15-27-16-10-21)19-7-5-4-6-8-19;/h4-8H,3,9-17H2,1-2H3,(H,22,23);1H. The van der Waals surface area contributed by atoms with Crippen molar-refractivity contribution in [2.24, 2.45) is 4.99 Å². The molecule has 1 N–H and O–H groups in total. The molecule has 156 valence electrons. The van der Waals surface area contributed by atoms with Crippen LogP contribution in [0.15, 0.2) is 35.3 Å². The topological polar surface area (TPSA) is 57.2 Å². The van der Waals surface area contributed by atoms with Crippen LogP contribution in [0.3, 0.4) is 0 Å². The summed E-state index contributed by atoms with van der Waals surface area (Å²) < 4.78 is 5.64. The molecule has 0 aliphatic carbocycles. The molecule has 2 heterocycles. The molecule has 0 radical (unpaired) electrons. The predicted molar refractivity (Wildman–Crippen MR) is 123 cm³/mol. The van der Waals surface area contributed by atoms with Crippen LogP contribution in [0.1, 0.15) is 32.3 Å². The monoisotopic (exact) mass is 500 g/mol. The van der Waals surface area contributed by atoms with Crippen LogP contribution < -0.4 is 5.32 Å². The average molecular weight is 500 g/mol. The summed E-state index contributed by atoms with van der Waals surface area (Å²) in [5, 5.41) is 3.45. The lowest BCUT2D eigenvalue weighted by molar-refractivity contribution is -0.130. The molecule has 0 atom stereocenters. The minimum Gasteiger partial charge on any atom is -0.381 e. The van der Waals surface area contributed by atoms with Crippen LogP contribution in [-0.4, -0.2) is 74.1 Å². The summed E-state index contributed by atoms with van der Waals surface area (Å²) in [6.45, 7) is 10.1. The maximum absolute atomic E-state index is 11.6. The van der Waals surface area contributed by atoms with Crippen molar-refractivity contribution in [3.05, 3.63) is 35.9 Å². The lowest BCUT2D eigenvalue weighted by Gasteiger charge is -2.38. The number of guanidine groups is 1. The zero-order chi connectivity index (χ0) is 19.1. The summed E-state index contributed by atoms with van der Waals surface area (Å²) >= 11 is 0. The van der Waals surface area contributed by atoms with E-state index in [4.69, 9.17) is 9.73 Å². The number of rotatable bonds is 4. The minimum atomic E-state index is 0. The first kappa shape index (κ1) is 22.9. The third-order valence-electron chi connectivity index (χ3n) is 5.73. The van der Waals surface area contributed by atoms with Crippen LogP contribution in [0.25, 0.3) is 0 Å². The maximum Gasteiger partial charge on any atom is 0.219 e. The average Bonchev–Trinajstić information content (AvgIpc) is 2.72. The molecule has 2 saturated heterocycles. The van der Waals surface area contributed by atoms with Gasteiger partial charge in [-0.15, -0.1) is 24.0 Å². The Morgan fingerprint density at radius 2 is 1.71 bits per heavy atom. The van der Waals surface area contributed by atoms with Gasteiger partial charge in [-0.1, -0.05) is 30.3 Å². The predicted octanol–water partition coefficient (Wildman–Crippen LogP) is 2.48. The van der Waals surface area contributed by atoms with E-state index in [1.165, 1.54) is 5.56 Å². The van der Waals surface area contributed by atoms with Crippen molar-refractivity contribution in [2.75, 3.05) is 52.5 Å². The lowest BCUT2D eigenvalue weighted by atomic mass is 9.74. The molecule has 0 spiro atoms. The van der Waals surface area contributed by atoms with Gasteiger partial charge >= 0.3 is 0 Å². The Morgan fingerprint density at radius 3 is 2.29 bits per heavy atom. The molecule has 0 saturated carbocycles. The van der Waals surface area contributed by atoms with E-state index < -0.39 is 0 Å². The van der Waals surface area contributed by atoms with Gasteiger partial charge in [-0.05, 0) is 25.3 Å². The summed E-state index contributed by atoms with van der Waals surface area (Å²) in [5.41, 5.74) is 1.40. The van der Waals surface area contributed by atoms with Crippen molar-refractivity contribution >= 4 is 35.8 Å². The number of carbonyl (C=O) groups excluding carboxylic acids is 1. The number of aliphatic imine (C=N–C) groups is 1. The Kier molecular flexibility index (Phi) is 9.01. The van der Waals surface area contributed by atoms with Crippen molar-refractivity contribution in [2.45, 2.75) is 32.1 Å². The molecule has 2 aliphatic heterocycles. The Morgan fingerprint density at radius 1 is 1.11 bits per heavy atom. The summed E-state index contributed by atoms with van der Waals surface area (Å²) in [5.74, 6) is 1.12. The summed E-state index contributed by atoms with van der Waals surface area (Å²) in [4.78, 5) is 20.8. The molecule has 0 unspecified atom stereocenters.